The maximum Gasteiger partial charge on any atom is 0.512 e. The summed E-state index contributed by atoms with van der Waals surface area (Å²) < 4.78 is 47.4. The molecule has 9 nitrogen and oxygen atoms in total. The van der Waals surface area contributed by atoms with E-state index in [0.717, 1.165) is 47.6 Å². The number of rotatable bonds is 11. The SMILES string of the molecule is CCCCCOc1cc2c(cc1OC)c(-c1ccc(OC)c(F)c1)c(OC(=O)O)n2Cc1ccc2nsnc2c1. The van der Waals surface area contributed by atoms with Crippen molar-refractivity contribution < 1.29 is 33.2 Å². The number of ether oxygens (including phenoxy) is 4. The number of hydrogen-bond donors (Lipinski definition) is 1. The lowest BCUT2D eigenvalue weighted by Crippen LogP contribution is -2.10. The van der Waals surface area contributed by atoms with E-state index < -0.39 is 12.0 Å². The molecule has 5 rings (SSSR count). The quantitative estimate of drug-likeness (QED) is 0.133. The van der Waals surface area contributed by atoms with Crippen LogP contribution in [0.4, 0.5) is 9.18 Å². The summed E-state index contributed by atoms with van der Waals surface area (Å²) in [6.07, 6.45) is 1.46. The molecule has 208 valence electrons. The fraction of sp³-hybridized carbons (Fsp3) is 0.276. The highest BCUT2D eigenvalue weighted by Crippen LogP contribution is 2.45. The molecule has 0 bridgehead atoms. The minimum atomic E-state index is -1.50. The van der Waals surface area contributed by atoms with Gasteiger partial charge in [0.05, 0.1) is 50.2 Å². The molecular formula is C29H28FN3O6S. The number of hydrogen-bond acceptors (Lipinski definition) is 8. The molecule has 0 saturated carbocycles. The van der Waals surface area contributed by atoms with Crippen LogP contribution in [0.5, 0.6) is 23.1 Å². The van der Waals surface area contributed by atoms with Crippen molar-refractivity contribution in [1.82, 2.24) is 13.3 Å². The van der Waals surface area contributed by atoms with Crippen molar-refractivity contribution >= 4 is 39.8 Å². The minimum absolute atomic E-state index is 0.0359. The second-order valence-electron chi connectivity index (χ2n) is 9.15. The molecule has 0 saturated heterocycles. The van der Waals surface area contributed by atoms with E-state index in [-0.39, 0.29) is 18.2 Å². The maximum absolute atomic E-state index is 14.9. The zero-order valence-corrected chi connectivity index (χ0v) is 23.1. The largest absolute Gasteiger partial charge is 0.512 e. The molecule has 5 aromatic rings. The summed E-state index contributed by atoms with van der Waals surface area (Å²) in [4.78, 5) is 11.9. The summed E-state index contributed by atoms with van der Waals surface area (Å²) in [5.41, 5.74) is 3.79. The molecule has 0 aliphatic heterocycles. The van der Waals surface area contributed by atoms with Crippen LogP contribution in [0, 0.1) is 5.82 Å². The lowest BCUT2D eigenvalue weighted by atomic mass is 10.0. The molecule has 0 aliphatic rings. The molecule has 0 aliphatic carbocycles. The van der Waals surface area contributed by atoms with E-state index in [0.29, 0.717) is 40.1 Å². The molecule has 3 aromatic carbocycles. The van der Waals surface area contributed by atoms with Crippen LogP contribution in [-0.4, -0.2) is 45.4 Å². The molecule has 0 radical (unpaired) electrons. The fourth-order valence-corrected chi connectivity index (χ4v) is 5.21. The molecule has 0 spiro atoms. The molecule has 11 heteroatoms. The smallest absolute Gasteiger partial charge is 0.494 e. The molecule has 2 aromatic heterocycles. The second-order valence-corrected chi connectivity index (χ2v) is 9.68. The van der Waals surface area contributed by atoms with Crippen molar-refractivity contribution in [2.24, 2.45) is 0 Å². The molecule has 0 unspecified atom stereocenters. The first-order valence-electron chi connectivity index (χ1n) is 12.8. The molecule has 1 N–H and O–H groups in total. The fourth-order valence-electron chi connectivity index (χ4n) is 4.69. The van der Waals surface area contributed by atoms with Gasteiger partial charge in [-0.25, -0.2) is 9.18 Å². The lowest BCUT2D eigenvalue weighted by molar-refractivity contribution is 0.141. The average molecular weight is 566 g/mol. The third kappa shape index (κ3) is 5.37. The minimum Gasteiger partial charge on any atom is -0.494 e. The van der Waals surface area contributed by atoms with Gasteiger partial charge in [-0.15, -0.1) is 0 Å². The summed E-state index contributed by atoms with van der Waals surface area (Å²) >= 11 is 1.12. The Hall–Kier alpha value is -4.38. The Kier molecular flexibility index (Phi) is 8.01. The van der Waals surface area contributed by atoms with E-state index in [1.54, 1.807) is 22.8 Å². The van der Waals surface area contributed by atoms with Gasteiger partial charge >= 0.3 is 6.16 Å². The van der Waals surface area contributed by atoms with Gasteiger partial charge in [0, 0.05) is 11.5 Å². The topological polar surface area (TPSA) is 105 Å². The predicted octanol–water partition coefficient (Wildman–Crippen LogP) is 7.14. The van der Waals surface area contributed by atoms with Gasteiger partial charge in [0.2, 0.25) is 5.88 Å². The normalized spacial score (nSPS) is 11.2. The number of halogens is 1. The first kappa shape index (κ1) is 27.2. The number of benzene rings is 3. The van der Waals surface area contributed by atoms with Crippen LogP contribution in [0.1, 0.15) is 31.7 Å². The Morgan fingerprint density at radius 1 is 0.975 bits per heavy atom. The van der Waals surface area contributed by atoms with E-state index in [1.165, 1.54) is 26.4 Å². The Morgan fingerprint density at radius 3 is 2.50 bits per heavy atom. The lowest BCUT2D eigenvalue weighted by Gasteiger charge is -2.13. The van der Waals surface area contributed by atoms with E-state index in [4.69, 9.17) is 18.9 Å². The monoisotopic (exact) mass is 565 g/mol. The predicted molar refractivity (Wildman–Crippen MR) is 151 cm³/mol. The zero-order valence-electron chi connectivity index (χ0n) is 22.3. The van der Waals surface area contributed by atoms with E-state index >= 15 is 0 Å². The van der Waals surface area contributed by atoms with Gasteiger partial charge in [-0.2, -0.15) is 8.75 Å². The van der Waals surface area contributed by atoms with Crippen molar-refractivity contribution in [3.8, 4) is 34.3 Å². The van der Waals surface area contributed by atoms with Gasteiger partial charge in [-0.1, -0.05) is 31.9 Å². The molecule has 0 amide bonds. The molecule has 0 fully saturated rings. The number of fused-ring (bicyclic) bond motifs is 2. The molecular weight excluding hydrogens is 537 g/mol. The third-order valence-corrected chi connectivity index (χ3v) is 7.15. The Labute approximate surface area is 234 Å². The Morgan fingerprint density at radius 2 is 1.77 bits per heavy atom. The highest BCUT2D eigenvalue weighted by molar-refractivity contribution is 7.00. The number of carbonyl (C=O) groups is 1. The van der Waals surface area contributed by atoms with E-state index in [1.807, 2.05) is 18.2 Å². The summed E-state index contributed by atoms with van der Waals surface area (Å²) in [5, 5.41) is 10.3. The number of methoxy groups -OCH3 is 2. The van der Waals surface area contributed by atoms with Crippen LogP contribution in [-0.2, 0) is 6.54 Å². The van der Waals surface area contributed by atoms with Crippen molar-refractivity contribution in [3.05, 3.63) is 59.9 Å². The van der Waals surface area contributed by atoms with Crippen LogP contribution in [0.15, 0.2) is 48.5 Å². The van der Waals surface area contributed by atoms with Crippen molar-refractivity contribution in [3.63, 3.8) is 0 Å². The molecule has 2 heterocycles. The van der Waals surface area contributed by atoms with E-state index in [9.17, 15) is 14.3 Å². The number of carboxylic acid groups (broad SMARTS) is 1. The summed E-state index contributed by atoms with van der Waals surface area (Å²) in [5.74, 6) is 0.491. The van der Waals surface area contributed by atoms with Gasteiger partial charge in [-0.05, 0) is 47.9 Å². The second kappa shape index (κ2) is 11.8. The van der Waals surface area contributed by atoms with Gasteiger partial charge in [0.25, 0.3) is 0 Å². The maximum atomic E-state index is 14.9. The van der Waals surface area contributed by atoms with E-state index in [2.05, 4.69) is 15.7 Å². The molecule has 0 atom stereocenters. The van der Waals surface area contributed by atoms with Gasteiger partial charge in [0.15, 0.2) is 23.1 Å². The van der Waals surface area contributed by atoms with Crippen LogP contribution in [0.3, 0.4) is 0 Å². The average Bonchev–Trinajstić information content (AvgIpc) is 3.52. The number of nitrogens with zero attached hydrogens (tertiary/aromatic N) is 3. The summed E-state index contributed by atoms with van der Waals surface area (Å²) in [6, 6.07) is 13.7. The van der Waals surface area contributed by atoms with Gasteiger partial charge < -0.3 is 28.6 Å². The zero-order chi connectivity index (χ0) is 28.2. The van der Waals surface area contributed by atoms with Gasteiger partial charge in [0.1, 0.15) is 11.0 Å². The number of aromatic nitrogens is 3. The summed E-state index contributed by atoms with van der Waals surface area (Å²) in [6.45, 7) is 2.86. The Bertz CT molecular complexity index is 1680. The first-order chi connectivity index (χ1) is 19.4. The number of unbranched alkanes of at least 4 members (excludes halogenated alkanes) is 2. The van der Waals surface area contributed by atoms with Gasteiger partial charge in [-0.3, -0.25) is 0 Å². The van der Waals surface area contributed by atoms with Crippen LogP contribution in [0.25, 0.3) is 33.1 Å². The summed E-state index contributed by atoms with van der Waals surface area (Å²) in [7, 11) is 2.92. The van der Waals surface area contributed by atoms with Crippen molar-refractivity contribution in [1.29, 1.82) is 0 Å². The van der Waals surface area contributed by atoms with Crippen molar-refractivity contribution in [2.75, 3.05) is 20.8 Å². The van der Waals surface area contributed by atoms with Crippen LogP contribution in [0.2, 0.25) is 0 Å². The van der Waals surface area contributed by atoms with Crippen molar-refractivity contribution in [2.45, 2.75) is 32.7 Å². The van der Waals surface area contributed by atoms with Crippen LogP contribution >= 0.6 is 11.7 Å². The standard InChI is InChI=1S/C29H28FN3O6S/c1-4-5-6-11-38-26-15-23-19(14-25(26)37-3)27(18-8-10-24(36-2)20(30)13-18)28(39-29(34)35)33(23)16-17-7-9-21-22(12-17)32-40-31-21/h7-10,12-15H,4-6,11,16H2,1-3H3,(H,34,35). The highest BCUT2D eigenvalue weighted by Gasteiger charge is 2.26. The third-order valence-electron chi connectivity index (χ3n) is 6.59. The van der Waals surface area contributed by atoms with Crippen LogP contribution < -0.4 is 18.9 Å². The first-order valence-corrected chi connectivity index (χ1v) is 13.5. The highest BCUT2D eigenvalue weighted by atomic mass is 32.1. The Balaban J connectivity index is 1.74. The molecule has 40 heavy (non-hydrogen) atoms.